The van der Waals surface area contributed by atoms with Crippen molar-refractivity contribution in [3.63, 3.8) is 0 Å². The minimum absolute atomic E-state index is 0.0468. The quantitative estimate of drug-likeness (QED) is 0.570. The van der Waals surface area contributed by atoms with Crippen molar-refractivity contribution in [2.75, 3.05) is 0 Å². The predicted molar refractivity (Wildman–Crippen MR) is 104 cm³/mol. The lowest BCUT2D eigenvalue weighted by molar-refractivity contribution is 0.0981. The van der Waals surface area contributed by atoms with E-state index in [0.717, 1.165) is 22.2 Å². The van der Waals surface area contributed by atoms with E-state index in [9.17, 15) is 13.2 Å². The Balaban J connectivity index is 1.72. The van der Waals surface area contributed by atoms with Crippen molar-refractivity contribution in [2.45, 2.75) is 18.7 Å². The highest BCUT2D eigenvalue weighted by molar-refractivity contribution is 7.90. The summed E-state index contributed by atoms with van der Waals surface area (Å²) in [6.45, 7) is 3.91. The summed E-state index contributed by atoms with van der Waals surface area (Å²) in [7, 11) is -4.03. The second-order valence-corrected chi connectivity index (χ2v) is 8.07. The third kappa shape index (κ3) is 2.96. The number of H-pyrrole nitrogens is 1. The van der Waals surface area contributed by atoms with Gasteiger partial charge in [-0.15, -0.1) is 0 Å². The molecular weight excluding hydrogens is 362 g/mol. The zero-order valence-electron chi connectivity index (χ0n) is 14.8. The van der Waals surface area contributed by atoms with Gasteiger partial charge in [0.05, 0.1) is 4.90 Å². The van der Waals surface area contributed by atoms with Crippen molar-refractivity contribution in [1.29, 1.82) is 0 Å². The first kappa shape index (κ1) is 17.2. The van der Waals surface area contributed by atoms with Crippen LogP contribution in [-0.2, 0) is 10.0 Å². The number of hydrogen-bond donors (Lipinski definition) is 2. The number of aryl methyl sites for hydroxylation is 2. The highest BCUT2D eigenvalue weighted by Crippen LogP contribution is 2.24. The van der Waals surface area contributed by atoms with Crippen LogP contribution < -0.4 is 4.72 Å². The average Bonchev–Trinajstić information content (AvgIpc) is 2.94. The summed E-state index contributed by atoms with van der Waals surface area (Å²) < 4.78 is 27.8. The number of nitrogens with zero attached hydrogens (tertiary/aromatic N) is 1. The Morgan fingerprint density at radius 1 is 1.07 bits per heavy atom. The molecule has 0 unspecified atom stereocenters. The van der Waals surface area contributed by atoms with Crippen molar-refractivity contribution in [1.82, 2.24) is 14.7 Å². The summed E-state index contributed by atoms with van der Waals surface area (Å²) >= 11 is 0. The highest BCUT2D eigenvalue weighted by atomic mass is 32.2. The molecule has 0 radical (unpaired) electrons. The van der Waals surface area contributed by atoms with Gasteiger partial charge < -0.3 is 4.98 Å². The summed E-state index contributed by atoms with van der Waals surface area (Å²) in [5, 5.41) is 2.10. The van der Waals surface area contributed by atoms with E-state index in [1.165, 1.54) is 12.3 Å². The predicted octanol–water partition coefficient (Wildman–Crippen LogP) is 3.45. The maximum Gasteiger partial charge on any atom is 0.265 e. The molecule has 0 fully saturated rings. The van der Waals surface area contributed by atoms with Crippen molar-refractivity contribution >= 4 is 37.6 Å². The van der Waals surface area contributed by atoms with E-state index in [2.05, 4.69) is 14.7 Å². The molecule has 0 saturated heterocycles. The molecule has 2 aromatic heterocycles. The molecule has 0 atom stereocenters. The van der Waals surface area contributed by atoms with E-state index in [1.807, 2.05) is 13.8 Å². The number of sulfonamides is 1. The van der Waals surface area contributed by atoms with Crippen molar-refractivity contribution in [2.24, 2.45) is 0 Å². The molecule has 6 nitrogen and oxygen atoms in total. The Morgan fingerprint density at radius 2 is 1.89 bits per heavy atom. The van der Waals surface area contributed by atoms with Crippen molar-refractivity contribution in [3.8, 4) is 0 Å². The lowest BCUT2D eigenvalue weighted by Crippen LogP contribution is -2.30. The molecule has 136 valence electrons. The van der Waals surface area contributed by atoms with Crippen molar-refractivity contribution < 1.29 is 13.2 Å². The zero-order chi connectivity index (χ0) is 19.2. The molecule has 4 rings (SSSR count). The molecule has 2 heterocycles. The fraction of sp³-hybridized carbons (Fsp3) is 0.100. The number of hydrogen-bond acceptors (Lipinski definition) is 4. The Hall–Kier alpha value is -3.19. The molecule has 0 bridgehead atoms. The van der Waals surface area contributed by atoms with E-state index in [-0.39, 0.29) is 10.5 Å². The fourth-order valence-corrected chi connectivity index (χ4v) is 4.37. The van der Waals surface area contributed by atoms with Gasteiger partial charge in [-0.25, -0.2) is 13.1 Å². The first-order chi connectivity index (χ1) is 12.9. The van der Waals surface area contributed by atoms with Crippen molar-refractivity contribution in [3.05, 3.63) is 71.7 Å². The number of benzene rings is 2. The summed E-state index contributed by atoms with van der Waals surface area (Å²) in [4.78, 5) is 19.9. The second kappa shape index (κ2) is 6.21. The van der Waals surface area contributed by atoms with E-state index in [0.29, 0.717) is 10.8 Å². The highest BCUT2D eigenvalue weighted by Gasteiger charge is 2.21. The van der Waals surface area contributed by atoms with Crippen LogP contribution >= 0.6 is 0 Å². The normalized spacial score (nSPS) is 11.8. The zero-order valence-corrected chi connectivity index (χ0v) is 15.6. The lowest BCUT2D eigenvalue weighted by Gasteiger charge is -2.10. The molecule has 2 N–H and O–H groups in total. The van der Waals surface area contributed by atoms with Crippen LogP contribution in [0.3, 0.4) is 0 Å². The topological polar surface area (TPSA) is 91.9 Å². The van der Waals surface area contributed by atoms with Crippen LogP contribution in [0.25, 0.3) is 21.7 Å². The molecule has 27 heavy (non-hydrogen) atoms. The fourth-order valence-electron chi connectivity index (χ4n) is 3.17. The molecule has 0 saturated carbocycles. The van der Waals surface area contributed by atoms with Gasteiger partial charge in [0.15, 0.2) is 0 Å². The van der Waals surface area contributed by atoms with Gasteiger partial charge in [0, 0.05) is 45.3 Å². The molecule has 4 aromatic rings. The Bertz CT molecular complexity index is 1300. The number of rotatable bonds is 3. The number of aromatic amines is 1. The smallest absolute Gasteiger partial charge is 0.265 e. The van der Waals surface area contributed by atoms with Crippen LogP contribution in [0.15, 0.2) is 59.8 Å². The summed E-state index contributed by atoms with van der Waals surface area (Å²) in [5.41, 5.74) is 3.24. The Morgan fingerprint density at radius 3 is 2.70 bits per heavy atom. The van der Waals surface area contributed by atoms with Gasteiger partial charge in [0.1, 0.15) is 0 Å². The molecule has 7 heteroatoms. The van der Waals surface area contributed by atoms with E-state index >= 15 is 0 Å². The van der Waals surface area contributed by atoms with Gasteiger partial charge in [-0.3, -0.25) is 9.78 Å². The van der Waals surface area contributed by atoms with Crippen LogP contribution in [0.5, 0.6) is 0 Å². The van der Waals surface area contributed by atoms with Crippen LogP contribution in [0.1, 0.15) is 21.6 Å². The standard InChI is InChI=1S/C20H17N3O3S/c1-12-13(2)22-18-7-6-14(10-17(12)18)20(24)23-27(25,26)19-5-3-4-15-11-21-9-8-16(15)19/h3-11,22H,1-2H3,(H,23,24). The number of amides is 1. The van der Waals surface area contributed by atoms with E-state index in [4.69, 9.17) is 0 Å². The van der Waals surface area contributed by atoms with Gasteiger partial charge in [-0.1, -0.05) is 12.1 Å². The van der Waals surface area contributed by atoms with Crippen LogP contribution in [-0.4, -0.2) is 24.3 Å². The number of nitrogens with one attached hydrogen (secondary N) is 2. The summed E-state index contributed by atoms with van der Waals surface area (Å²) in [6, 6.07) is 11.6. The monoisotopic (exact) mass is 379 g/mol. The van der Waals surface area contributed by atoms with Crippen LogP contribution in [0, 0.1) is 13.8 Å². The number of pyridine rings is 1. The number of carbonyl (C=O) groups is 1. The summed E-state index contributed by atoms with van der Waals surface area (Å²) in [5.74, 6) is -0.666. The molecule has 0 aliphatic rings. The molecular formula is C20H17N3O3S. The maximum absolute atomic E-state index is 12.8. The molecule has 2 aromatic carbocycles. The van der Waals surface area contributed by atoms with E-state index < -0.39 is 15.9 Å². The van der Waals surface area contributed by atoms with Gasteiger partial charge in [-0.05, 0) is 49.7 Å². The number of aromatic nitrogens is 2. The molecule has 0 aliphatic carbocycles. The summed E-state index contributed by atoms with van der Waals surface area (Å²) in [6.07, 6.45) is 3.11. The largest absolute Gasteiger partial charge is 0.358 e. The number of carbonyl (C=O) groups excluding carboxylic acids is 1. The first-order valence-electron chi connectivity index (χ1n) is 8.35. The minimum atomic E-state index is -4.03. The van der Waals surface area contributed by atoms with Crippen LogP contribution in [0.4, 0.5) is 0 Å². The molecule has 1 amide bonds. The third-order valence-corrected chi connectivity index (χ3v) is 6.12. The van der Waals surface area contributed by atoms with Crippen LogP contribution in [0.2, 0.25) is 0 Å². The Kier molecular flexibility index (Phi) is 3.96. The Labute approximate surface area is 156 Å². The molecule has 0 aliphatic heterocycles. The average molecular weight is 379 g/mol. The number of fused-ring (bicyclic) bond motifs is 2. The molecule has 0 spiro atoms. The minimum Gasteiger partial charge on any atom is -0.358 e. The lowest BCUT2D eigenvalue weighted by atomic mass is 10.1. The van der Waals surface area contributed by atoms with E-state index in [1.54, 1.807) is 42.6 Å². The van der Waals surface area contributed by atoms with Gasteiger partial charge in [-0.2, -0.15) is 0 Å². The first-order valence-corrected chi connectivity index (χ1v) is 9.84. The van der Waals surface area contributed by atoms with Gasteiger partial charge in [0.2, 0.25) is 0 Å². The SMILES string of the molecule is Cc1[nH]c2ccc(C(=O)NS(=O)(=O)c3cccc4cnccc34)cc2c1C. The third-order valence-electron chi connectivity index (χ3n) is 4.73. The van der Waals surface area contributed by atoms with Gasteiger partial charge in [0.25, 0.3) is 15.9 Å². The second-order valence-electron chi connectivity index (χ2n) is 6.42. The van der Waals surface area contributed by atoms with Gasteiger partial charge >= 0.3 is 0 Å². The maximum atomic E-state index is 12.8.